The highest BCUT2D eigenvalue weighted by atomic mass is 32.1. The first kappa shape index (κ1) is 15.9. The molecule has 0 unspecified atom stereocenters. The first-order chi connectivity index (χ1) is 13.3. The quantitative estimate of drug-likeness (QED) is 0.594. The molecule has 27 heavy (non-hydrogen) atoms. The maximum absolute atomic E-state index is 12.7. The molecule has 0 saturated heterocycles. The predicted octanol–water partition coefficient (Wildman–Crippen LogP) is 3.74. The topological polar surface area (TPSA) is 72.7 Å². The minimum Gasteiger partial charge on any atom is -0.321 e. The van der Waals surface area contributed by atoms with Gasteiger partial charge in [-0.2, -0.15) is 0 Å². The highest BCUT2D eigenvalue weighted by molar-refractivity contribution is 7.17. The van der Waals surface area contributed by atoms with Crippen molar-refractivity contribution in [1.82, 2.24) is 20.2 Å². The molecule has 1 N–H and O–H groups in total. The lowest BCUT2D eigenvalue weighted by molar-refractivity contribution is 0.103. The summed E-state index contributed by atoms with van der Waals surface area (Å²) in [7, 11) is 0. The molecule has 0 spiro atoms. The number of thiophene rings is 1. The third-order valence-corrected chi connectivity index (χ3v) is 5.91. The monoisotopic (exact) mass is 373 g/mol. The Morgan fingerprint density at radius 1 is 1.04 bits per heavy atom. The number of nitrogens with zero attached hydrogens (tertiary/aromatic N) is 4. The van der Waals surface area contributed by atoms with E-state index in [1.807, 2.05) is 30.3 Å². The molecule has 0 radical (unpaired) electrons. The molecule has 0 atom stereocenters. The molecule has 132 valence electrons. The Balaban J connectivity index is 1.37. The van der Waals surface area contributed by atoms with Crippen molar-refractivity contribution in [1.29, 1.82) is 0 Å². The van der Waals surface area contributed by atoms with Gasteiger partial charge in [0.15, 0.2) is 0 Å². The van der Waals surface area contributed by atoms with Gasteiger partial charge < -0.3 is 5.32 Å². The maximum Gasteiger partial charge on any atom is 0.265 e. The van der Waals surface area contributed by atoms with Gasteiger partial charge in [0.1, 0.15) is 6.33 Å². The Bertz CT molecular complexity index is 1120. The van der Waals surface area contributed by atoms with Crippen molar-refractivity contribution in [2.75, 3.05) is 5.32 Å². The van der Waals surface area contributed by atoms with Gasteiger partial charge in [-0.1, -0.05) is 24.3 Å². The fourth-order valence-corrected chi connectivity index (χ4v) is 4.52. The van der Waals surface area contributed by atoms with Crippen molar-refractivity contribution in [3.63, 3.8) is 0 Å². The van der Waals surface area contributed by atoms with E-state index in [0.717, 1.165) is 29.1 Å². The van der Waals surface area contributed by atoms with E-state index in [1.165, 1.54) is 27.9 Å². The molecular weight excluding hydrogens is 358 g/mol. The van der Waals surface area contributed by atoms with Crippen LogP contribution in [0.1, 0.15) is 20.8 Å². The summed E-state index contributed by atoms with van der Waals surface area (Å²) in [6, 6.07) is 17.9. The zero-order chi connectivity index (χ0) is 18.2. The molecule has 7 heteroatoms. The number of benzene rings is 2. The van der Waals surface area contributed by atoms with Crippen molar-refractivity contribution in [3.8, 4) is 16.1 Å². The van der Waals surface area contributed by atoms with E-state index in [9.17, 15) is 4.79 Å². The molecule has 2 aromatic carbocycles. The second-order valence-electron chi connectivity index (χ2n) is 6.38. The highest BCUT2D eigenvalue weighted by Crippen LogP contribution is 2.39. The lowest BCUT2D eigenvalue weighted by Crippen LogP contribution is -2.10. The molecule has 5 rings (SSSR count). The van der Waals surface area contributed by atoms with Gasteiger partial charge in [-0.05, 0) is 70.3 Å². The van der Waals surface area contributed by atoms with Gasteiger partial charge in [-0.3, -0.25) is 4.79 Å². The summed E-state index contributed by atoms with van der Waals surface area (Å²) in [6.45, 7) is 0. The molecule has 0 fully saturated rings. The minimum absolute atomic E-state index is 0.0814. The van der Waals surface area contributed by atoms with E-state index in [4.69, 9.17) is 0 Å². The number of carbonyl (C=O) groups excluding carboxylic acids is 1. The average Bonchev–Trinajstić information content (AvgIpc) is 3.38. The van der Waals surface area contributed by atoms with E-state index in [0.29, 0.717) is 0 Å². The smallest absolute Gasteiger partial charge is 0.265 e. The van der Waals surface area contributed by atoms with Crippen LogP contribution in [0.25, 0.3) is 16.1 Å². The summed E-state index contributed by atoms with van der Waals surface area (Å²) in [5.74, 6) is -0.0814. The third kappa shape index (κ3) is 2.92. The number of hydrogen-bond donors (Lipinski definition) is 1. The highest BCUT2D eigenvalue weighted by Gasteiger charge is 2.21. The van der Waals surface area contributed by atoms with Crippen molar-refractivity contribution < 1.29 is 4.79 Å². The molecule has 2 aromatic heterocycles. The molecule has 1 amide bonds. The minimum atomic E-state index is -0.0814. The molecule has 6 nitrogen and oxygen atoms in total. The van der Waals surface area contributed by atoms with Crippen LogP contribution in [-0.2, 0) is 12.8 Å². The van der Waals surface area contributed by atoms with Crippen LogP contribution < -0.4 is 5.32 Å². The zero-order valence-electron chi connectivity index (χ0n) is 14.3. The summed E-state index contributed by atoms with van der Waals surface area (Å²) < 4.78 is 1.57. The SMILES string of the molecule is O=C(Nc1ccc(-n2cnnn2)cc1)c1cc2c(s1)-c1ccccc1CC2. The first-order valence-corrected chi connectivity index (χ1v) is 9.45. The van der Waals surface area contributed by atoms with Crippen LogP contribution in [0, 0.1) is 0 Å². The number of anilines is 1. The average molecular weight is 373 g/mol. The lowest BCUT2D eigenvalue weighted by Gasteiger charge is -2.15. The molecular formula is C20H15N5OS. The van der Waals surface area contributed by atoms with Gasteiger partial charge >= 0.3 is 0 Å². The first-order valence-electron chi connectivity index (χ1n) is 8.64. The van der Waals surface area contributed by atoms with Gasteiger partial charge in [0.05, 0.1) is 10.6 Å². The number of amides is 1. The summed E-state index contributed by atoms with van der Waals surface area (Å²) in [5.41, 5.74) is 5.45. The van der Waals surface area contributed by atoms with Gasteiger partial charge in [-0.15, -0.1) is 16.4 Å². The van der Waals surface area contributed by atoms with Gasteiger partial charge in [0.25, 0.3) is 5.91 Å². The number of fused-ring (bicyclic) bond motifs is 3. The number of rotatable bonds is 3. The summed E-state index contributed by atoms with van der Waals surface area (Å²) in [4.78, 5) is 14.7. The van der Waals surface area contributed by atoms with Gasteiger partial charge in [-0.25, -0.2) is 4.68 Å². The number of aromatic nitrogens is 4. The molecule has 4 aromatic rings. The Morgan fingerprint density at radius 2 is 1.85 bits per heavy atom. The van der Waals surface area contributed by atoms with Gasteiger partial charge in [0, 0.05) is 10.6 Å². The second-order valence-corrected chi connectivity index (χ2v) is 7.43. The molecule has 1 aliphatic rings. The van der Waals surface area contributed by atoms with Crippen molar-refractivity contribution in [2.45, 2.75) is 12.8 Å². The van der Waals surface area contributed by atoms with Crippen LogP contribution in [0.5, 0.6) is 0 Å². The molecule has 0 bridgehead atoms. The Labute approximate surface area is 159 Å². The van der Waals surface area contributed by atoms with E-state index in [1.54, 1.807) is 16.0 Å². The number of tetrazole rings is 1. The fourth-order valence-electron chi connectivity index (χ4n) is 3.35. The molecule has 1 aliphatic carbocycles. The van der Waals surface area contributed by atoms with Crippen molar-refractivity contribution in [2.24, 2.45) is 0 Å². The van der Waals surface area contributed by atoms with Crippen LogP contribution in [0.3, 0.4) is 0 Å². The predicted molar refractivity (Wildman–Crippen MR) is 104 cm³/mol. The lowest BCUT2D eigenvalue weighted by atomic mass is 9.91. The fraction of sp³-hybridized carbons (Fsp3) is 0.100. The summed E-state index contributed by atoms with van der Waals surface area (Å²) >= 11 is 1.56. The standard InChI is InChI=1S/C20H15N5OS/c26-20(22-15-7-9-16(10-8-15)25-12-21-23-24-25)18-11-14-6-5-13-3-1-2-4-17(13)19(14)27-18/h1-4,7-12H,5-6H2,(H,22,26). The van der Waals surface area contributed by atoms with Gasteiger partial charge in [0.2, 0.25) is 0 Å². The molecule has 0 saturated carbocycles. The van der Waals surface area contributed by atoms with Crippen LogP contribution in [0.15, 0.2) is 60.9 Å². The number of carbonyl (C=O) groups is 1. The Morgan fingerprint density at radius 3 is 2.67 bits per heavy atom. The maximum atomic E-state index is 12.7. The largest absolute Gasteiger partial charge is 0.321 e. The Hall–Kier alpha value is -3.32. The van der Waals surface area contributed by atoms with Crippen LogP contribution in [-0.4, -0.2) is 26.1 Å². The number of aryl methyl sites for hydroxylation is 2. The third-order valence-electron chi connectivity index (χ3n) is 4.70. The van der Waals surface area contributed by atoms with E-state index in [2.05, 4.69) is 45.1 Å². The van der Waals surface area contributed by atoms with Crippen LogP contribution >= 0.6 is 11.3 Å². The number of hydrogen-bond acceptors (Lipinski definition) is 5. The van der Waals surface area contributed by atoms with E-state index in [-0.39, 0.29) is 5.91 Å². The Kier molecular flexibility index (Phi) is 3.79. The van der Waals surface area contributed by atoms with Crippen molar-refractivity contribution in [3.05, 3.63) is 76.9 Å². The molecule has 0 aliphatic heterocycles. The van der Waals surface area contributed by atoms with E-state index < -0.39 is 0 Å². The number of nitrogens with one attached hydrogen (secondary N) is 1. The normalized spacial score (nSPS) is 12.3. The van der Waals surface area contributed by atoms with Crippen LogP contribution in [0.4, 0.5) is 5.69 Å². The summed E-state index contributed by atoms with van der Waals surface area (Å²) in [6.07, 6.45) is 3.54. The van der Waals surface area contributed by atoms with Crippen molar-refractivity contribution >= 4 is 22.9 Å². The second kappa shape index (κ2) is 6.44. The van der Waals surface area contributed by atoms with E-state index >= 15 is 0 Å². The van der Waals surface area contributed by atoms with Crippen LogP contribution in [0.2, 0.25) is 0 Å². The zero-order valence-corrected chi connectivity index (χ0v) is 15.1. The summed E-state index contributed by atoms with van der Waals surface area (Å²) in [5, 5.41) is 14.1. The molecule has 2 heterocycles.